The van der Waals surface area contributed by atoms with Crippen LogP contribution in [0.1, 0.15) is 31.2 Å². The molecule has 1 aliphatic rings. The number of hydrogen-bond acceptors (Lipinski definition) is 3. The van der Waals surface area contributed by atoms with Crippen molar-refractivity contribution >= 4 is 10.0 Å². The Morgan fingerprint density at radius 1 is 1.15 bits per heavy atom. The maximum absolute atomic E-state index is 12.5. The van der Waals surface area contributed by atoms with Crippen molar-refractivity contribution in [3.05, 3.63) is 35.9 Å². The Bertz CT molecular complexity index is 495. The lowest BCUT2D eigenvalue weighted by Crippen LogP contribution is -2.36. The van der Waals surface area contributed by atoms with E-state index in [1.807, 2.05) is 30.3 Å². The molecule has 0 spiro atoms. The van der Waals surface area contributed by atoms with Gasteiger partial charge in [-0.25, -0.2) is 8.42 Å². The van der Waals surface area contributed by atoms with Crippen LogP contribution in [0.3, 0.4) is 0 Å². The quantitative estimate of drug-likeness (QED) is 0.837. The number of sulfonamides is 1. The van der Waals surface area contributed by atoms with Crippen LogP contribution in [0.15, 0.2) is 30.3 Å². The van der Waals surface area contributed by atoms with Crippen LogP contribution in [-0.2, 0) is 16.6 Å². The summed E-state index contributed by atoms with van der Waals surface area (Å²) in [7, 11) is -3.29. The van der Waals surface area contributed by atoms with Gasteiger partial charge in [0.15, 0.2) is 0 Å². The summed E-state index contributed by atoms with van der Waals surface area (Å²) in [4.78, 5) is 0. The molecule has 0 amide bonds. The molecule has 1 N–H and O–H groups in total. The molecule has 1 fully saturated rings. The predicted molar refractivity (Wildman–Crippen MR) is 79.7 cm³/mol. The van der Waals surface area contributed by atoms with E-state index in [1.165, 1.54) is 4.31 Å². The largest absolute Gasteiger partial charge is 0.395 e. The first-order valence-electron chi connectivity index (χ1n) is 7.24. The Morgan fingerprint density at radius 3 is 2.40 bits per heavy atom. The minimum absolute atomic E-state index is 0.142. The Morgan fingerprint density at radius 2 is 1.80 bits per heavy atom. The zero-order chi connectivity index (χ0) is 14.4. The molecule has 1 saturated carbocycles. The number of aliphatic hydroxyl groups excluding tert-OH is 1. The second kappa shape index (κ2) is 7.20. The van der Waals surface area contributed by atoms with Gasteiger partial charge >= 0.3 is 0 Å². The third-order valence-corrected chi connectivity index (χ3v) is 5.86. The fraction of sp³-hybridized carbons (Fsp3) is 0.600. The van der Waals surface area contributed by atoms with Crippen molar-refractivity contribution in [1.29, 1.82) is 0 Å². The van der Waals surface area contributed by atoms with E-state index in [0.717, 1.165) is 31.2 Å². The number of hydrogen-bond donors (Lipinski definition) is 1. The fourth-order valence-corrected chi connectivity index (χ4v) is 4.64. The fourth-order valence-electron chi connectivity index (χ4n) is 2.80. The summed E-state index contributed by atoms with van der Waals surface area (Å²) in [6.45, 7) is 0.372. The molecule has 1 aromatic carbocycles. The molecule has 0 saturated heterocycles. The highest BCUT2D eigenvalue weighted by Gasteiger charge is 2.27. The highest BCUT2D eigenvalue weighted by molar-refractivity contribution is 7.89. The molecule has 0 unspecified atom stereocenters. The molecule has 5 heteroatoms. The van der Waals surface area contributed by atoms with Crippen LogP contribution in [0.5, 0.6) is 0 Å². The van der Waals surface area contributed by atoms with Crippen molar-refractivity contribution in [3.63, 3.8) is 0 Å². The van der Waals surface area contributed by atoms with E-state index < -0.39 is 10.0 Å². The summed E-state index contributed by atoms with van der Waals surface area (Å²) in [6.07, 6.45) is 4.30. The highest BCUT2D eigenvalue weighted by Crippen LogP contribution is 2.27. The lowest BCUT2D eigenvalue weighted by Gasteiger charge is -2.23. The molecule has 0 heterocycles. The predicted octanol–water partition coefficient (Wildman–Crippen LogP) is 2.00. The first-order valence-corrected chi connectivity index (χ1v) is 8.85. The minimum atomic E-state index is -3.29. The summed E-state index contributed by atoms with van der Waals surface area (Å²) >= 11 is 0. The second-order valence-corrected chi connectivity index (χ2v) is 7.49. The van der Waals surface area contributed by atoms with Crippen molar-refractivity contribution in [3.8, 4) is 0 Å². The molecule has 0 bridgehead atoms. The van der Waals surface area contributed by atoms with Crippen LogP contribution < -0.4 is 0 Å². The van der Waals surface area contributed by atoms with Gasteiger partial charge in [0.05, 0.1) is 12.4 Å². The summed E-state index contributed by atoms with van der Waals surface area (Å²) < 4.78 is 26.4. The van der Waals surface area contributed by atoms with Gasteiger partial charge in [0.1, 0.15) is 0 Å². The van der Waals surface area contributed by atoms with Crippen molar-refractivity contribution < 1.29 is 13.5 Å². The zero-order valence-corrected chi connectivity index (χ0v) is 12.6. The summed E-state index contributed by atoms with van der Waals surface area (Å²) in [5, 5.41) is 9.13. The third-order valence-electron chi connectivity index (χ3n) is 3.87. The van der Waals surface area contributed by atoms with Gasteiger partial charge in [-0.15, -0.1) is 0 Å². The van der Waals surface area contributed by atoms with E-state index in [2.05, 4.69) is 0 Å². The normalized spacial score (nSPS) is 16.9. The Hall–Kier alpha value is -0.910. The highest BCUT2D eigenvalue weighted by atomic mass is 32.2. The average molecular weight is 297 g/mol. The first kappa shape index (κ1) is 15.5. The summed E-state index contributed by atoms with van der Waals surface area (Å²) in [6, 6.07) is 9.53. The zero-order valence-electron chi connectivity index (χ0n) is 11.7. The van der Waals surface area contributed by atoms with Crippen molar-refractivity contribution in [1.82, 2.24) is 4.31 Å². The molecule has 0 aliphatic heterocycles. The molecular weight excluding hydrogens is 274 g/mol. The van der Waals surface area contributed by atoms with Crippen molar-refractivity contribution in [2.45, 2.75) is 32.2 Å². The maximum Gasteiger partial charge on any atom is 0.214 e. The number of rotatable bonds is 7. The van der Waals surface area contributed by atoms with E-state index in [4.69, 9.17) is 5.11 Å². The van der Waals surface area contributed by atoms with Gasteiger partial charge in [-0.1, -0.05) is 43.2 Å². The Labute approximate surface area is 121 Å². The molecule has 4 nitrogen and oxygen atoms in total. The van der Waals surface area contributed by atoms with Gasteiger partial charge < -0.3 is 5.11 Å². The van der Waals surface area contributed by atoms with E-state index >= 15 is 0 Å². The van der Waals surface area contributed by atoms with Gasteiger partial charge in [0.25, 0.3) is 0 Å². The van der Waals surface area contributed by atoms with Crippen LogP contribution in [0.25, 0.3) is 0 Å². The molecule has 0 atom stereocenters. The minimum Gasteiger partial charge on any atom is -0.395 e. The lowest BCUT2D eigenvalue weighted by atomic mass is 10.1. The number of benzene rings is 1. The van der Waals surface area contributed by atoms with Gasteiger partial charge in [0.2, 0.25) is 10.0 Å². The summed E-state index contributed by atoms with van der Waals surface area (Å²) in [5.41, 5.74) is 0.955. The van der Waals surface area contributed by atoms with Gasteiger partial charge in [-0.05, 0) is 24.3 Å². The van der Waals surface area contributed by atoms with Crippen LogP contribution in [0.4, 0.5) is 0 Å². The van der Waals surface area contributed by atoms with Gasteiger partial charge in [-0.3, -0.25) is 0 Å². The Balaban J connectivity index is 2.06. The number of nitrogens with zero attached hydrogens (tertiary/aromatic N) is 1. The van der Waals surface area contributed by atoms with E-state index in [0.29, 0.717) is 6.54 Å². The molecule has 0 aromatic heterocycles. The smallest absolute Gasteiger partial charge is 0.214 e. The molecule has 1 aliphatic carbocycles. The third kappa shape index (κ3) is 4.30. The Kier molecular flexibility index (Phi) is 5.57. The van der Waals surface area contributed by atoms with Gasteiger partial charge in [-0.2, -0.15) is 4.31 Å². The first-order chi connectivity index (χ1) is 9.62. The molecule has 112 valence electrons. The van der Waals surface area contributed by atoms with Crippen LogP contribution in [0, 0.1) is 5.92 Å². The average Bonchev–Trinajstić information content (AvgIpc) is 2.91. The SMILES string of the molecule is O=S(=O)(CC1CCCC1)N(CCO)Cc1ccccc1. The molecular formula is C15H23NO3S. The number of aliphatic hydroxyl groups is 1. The molecule has 2 rings (SSSR count). The van der Waals surface area contributed by atoms with E-state index in [-0.39, 0.29) is 24.8 Å². The van der Waals surface area contributed by atoms with Crippen molar-refractivity contribution in [2.75, 3.05) is 18.9 Å². The standard InChI is InChI=1S/C15H23NO3S/c17-11-10-16(12-14-6-2-1-3-7-14)20(18,19)13-15-8-4-5-9-15/h1-3,6-7,15,17H,4-5,8-13H2. The van der Waals surface area contributed by atoms with E-state index in [1.54, 1.807) is 0 Å². The second-order valence-electron chi connectivity index (χ2n) is 5.47. The van der Waals surface area contributed by atoms with Crippen LogP contribution in [0.2, 0.25) is 0 Å². The molecule has 1 aromatic rings. The van der Waals surface area contributed by atoms with Crippen LogP contribution >= 0.6 is 0 Å². The van der Waals surface area contributed by atoms with E-state index in [9.17, 15) is 8.42 Å². The topological polar surface area (TPSA) is 57.6 Å². The lowest BCUT2D eigenvalue weighted by molar-refractivity contribution is 0.250. The van der Waals surface area contributed by atoms with Crippen molar-refractivity contribution in [2.24, 2.45) is 5.92 Å². The molecule has 0 radical (unpaired) electrons. The summed E-state index contributed by atoms with van der Waals surface area (Å²) in [5.74, 6) is 0.511. The van der Waals surface area contributed by atoms with Gasteiger partial charge in [0, 0.05) is 13.1 Å². The van der Waals surface area contributed by atoms with Crippen LogP contribution in [-0.4, -0.2) is 36.7 Å². The molecule has 20 heavy (non-hydrogen) atoms. The maximum atomic E-state index is 12.5. The monoisotopic (exact) mass is 297 g/mol.